The van der Waals surface area contributed by atoms with Crippen molar-refractivity contribution in [3.8, 4) is 0 Å². The number of allylic oxidation sites excluding steroid dienone is 1. The lowest BCUT2D eigenvalue weighted by atomic mass is 9.94. The second kappa shape index (κ2) is 13.5. The van der Waals surface area contributed by atoms with E-state index in [2.05, 4.69) is 33.6 Å². The molecule has 0 aliphatic carbocycles. The minimum atomic E-state index is -0.896. The van der Waals surface area contributed by atoms with Gasteiger partial charge in [0.05, 0.1) is 18.0 Å². The molecule has 0 saturated carbocycles. The summed E-state index contributed by atoms with van der Waals surface area (Å²) in [5.74, 6) is -2.15. The Bertz CT molecular complexity index is 1510. The number of hydrogen-bond acceptors (Lipinski definition) is 6. The Kier molecular flexibility index (Phi) is 10.2. The molecule has 4 rings (SSSR count). The molecular weight excluding hydrogens is 580 g/mol. The van der Waals surface area contributed by atoms with Crippen LogP contribution in [0.1, 0.15) is 89.2 Å². The summed E-state index contributed by atoms with van der Waals surface area (Å²) in [6.45, 7) is 11.7. The molecule has 44 heavy (non-hydrogen) atoms. The van der Waals surface area contributed by atoms with E-state index >= 15 is 0 Å². The van der Waals surface area contributed by atoms with Gasteiger partial charge in [-0.1, -0.05) is 6.92 Å². The van der Waals surface area contributed by atoms with E-state index in [1.807, 2.05) is 47.6 Å². The molecular formula is C33H44N4O6S. The van der Waals surface area contributed by atoms with Gasteiger partial charge in [-0.2, -0.15) is 12.6 Å². The molecule has 11 heteroatoms. The van der Waals surface area contributed by atoms with Crippen LogP contribution in [0.2, 0.25) is 0 Å². The number of carbonyl (C=O) groups is 4. The van der Waals surface area contributed by atoms with Crippen LogP contribution in [0.15, 0.2) is 39.3 Å². The summed E-state index contributed by atoms with van der Waals surface area (Å²) in [4.78, 5) is 51.6. The van der Waals surface area contributed by atoms with E-state index in [1.165, 1.54) is 0 Å². The standard InChI is InChI=1S/C33H44N4O6S/c1-7-20-15(2)25(36-33(20)43)12-23-16(3)21(8-10-29(38)39)26(34-23)14-27-22(9-11-30(40)41)17(4)24(35-27)13-28-31(19(6)44)18(5)32(42)37-28/h14,18-19,24-25,34-35,44H,7-13H2,1-6H3,(H,36,43)(H,37,42)(H,38,39)(H,40,41)/b27-14-/t18-,19+,24?,25+/m1/s1. The first kappa shape index (κ1) is 33.2. The number of carbonyl (C=O) groups excluding carboxylic acids is 2. The van der Waals surface area contributed by atoms with Crippen molar-refractivity contribution < 1.29 is 29.4 Å². The number of carboxylic acid groups (broad SMARTS) is 2. The fourth-order valence-electron chi connectivity index (χ4n) is 6.75. The Morgan fingerprint density at radius 3 is 2.16 bits per heavy atom. The Morgan fingerprint density at radius 1 is 0.955 bits per heavy atom. The highest BCUT2D eigenvalue weighted by Crippen LogP contribution is 2.36. The smallest absolute Gasteiger partial charge is 0.303 e. The number of nitrogens with one attached hydrogen (secondary N) is 4. The number of thiol groups is 1. The lowest BCUT2D eigenvalue weighted by Crippen LogP contribution is -2.30. The van der Waals surface area contributed by atoms with Gasteiger partial charge >= 0.3 is 11.9 Å². The van der Waals surface area contributed by atoms with Crippen LogP contribution in [0.3, 0.4) is 0 Å². The molecule has 0 fully saturated rings. The lowest BCUT2D eigenvalue weighted by Gasteiger charge is -2.18. The molecule has 0 saturated heterocycles. The van der Waals surface area contributed by atoms with Crippen molar-refractivity contribution in [2.45, 2.75) is 104 Å². The molecule has 0 aromatic carbocycles. The van der Waals surface area contributed by atoms with Crippen LogP contribution in [0.25, 0.3) is 6.08 Å². The lowest BCUT2D eigenvalue weighted by molar-refractivity contribution is -0.138. The molecule has 1 unspecified atom stereocenters. The normalized spacial score (nSPS) is 23.5. The summed E-state index contributed by atoms with van der Waals surface area (Å²) < 4.78 is 0. The van der Waals surface area contributed by atoms with Crippen molar-refractivity contribution in [3.63, 3.8) is 0 Å². The molecule has 1 aromatic heterocycles. The van der Waals surface area contributed by atoms with Gasteiger partial charge in [-0.3, -0.25) is 19.2 Å². The third-order valence-electron chi connectivity index (χ3n) is 9.32. The number of hydrogen-bond donors (Lipinski definition) is 7. The monoisotopic (exact) mass is 624 g/mol. The van der Waals surface area contributed by atoms with Crippen LogP contribution in [0.4, 0.5) is 0 Å². The Morgan fingerprint density at radius 2 is 1.57 bits per heavy atom. The average Bonchev–Trinajstić information content (AvgIpc) is 3.59. The molecule has 1 aromatic rings. The van der Waals surface area contributed by atoms with E-state index in [1.54, 1.807) is 0 Å². The van der Waals surface area contributed by atoms with E-state index in [0.29, 0.717) is 32.1 Å². The number of aliphatic carboxylic acids is 2. The summed E-state index contributed by atoms with van der Waals surface area (Å²) in [6.07, 6.45) is 4.23. The maximum absolute atomic E-state index is 12.5. The second-order valence-corrected chi connectivity index (χ2v) is 12.9. The van der Waals surface area contributed by atoms with E-state index in [-0.39, 0.29) is 47.9 Å². The van der Waals surface area contributed by atoms with E-state index < -0.39 is 11.9 Å². The van der Waals surface area contributed by atoms with Crippen LogP contribution in [-0.2, 0) is 32.0 Å². The third-order valence-corrected chi connectivity index (χ3v) is 9.59. The highest BCUT2D eigenvalue weighted by molar-refractivity contribution is 7.81. The van der Waals surface area contributed by atoms with Gasteiger partial charge in [0.1, 0.15) is 0 Å². The molecule has 4 heterocycles. The first-order valence-electron chi connectivity index (χ1n) is 15.3. The summed E-state index contributed by atoms with van der Waals surface area (Å²) >= 11 is 4.62. The van der Waals surface area contributed by atoms with Crippen molar-refractivity contribution in [2.24, 2.45) is 5.92 Å². The molecule has 3 aliphatic heterocycles. The highest BCUT2D eigenvalue weighted by Gasteiger charge is 2.35. The summed E-state index contributed by atoms with van der Waals surface area (Å²) in [5.41, 5.74) is 9.80. The summed E-state index contributed by atoms with van der Waals surface area (Å²) in [6, 6.07) is -0.315. The molecule has 2 amide bonds. The zero-order valence-corrected chi connectivity index (χ0v) is 27.2. The van der Waals surface area contributed by atoms with Gasteiger partial charge in [0, 0.05) is 59.3 Å². The molecule has 4 atom stereocenters. The first-order valence-corrected chi connectivity index (χ1v) is 15.8. The van der Waals surface area contributed by atoms with Gasteiger partial charge in [0.2, 0.25) is 11.8 Å². The van der Waals surface area contributed by atoms with E-state index in [4.69, 9.17) is 0 Å². The Balaban J connectivity index is 1.72. The highest BCUT2D eigenvalue weighted by atomic mass is 32.1. The minimum Gasteiger partial charge on any atom is -0.481 e. The van der Waals surface area contributed by atoms with Crippen molar-refractivity contribution in [3.05, 3.63) is 61.8 Å². The minimum absolute atomic E-state index is 0.0402. The van der Waals surface area contributed by atoms with Crippen LogP contribution >= 0.6 is 12.6 Å². The molecule has 238 valence electrons. The number of amides is 2. The van der Waals surface area contributed by atoms with Crippen LogP contribution in [-0.4, -0.2) is 56.3 Å². The Labute approximate surface area is 263 Å². The zero-order valence-electron chi connectivity index (χ0n) is 26.3. The number of H-pyrrole nitrogens is 1. The molecule has 0 spiro atoms. The summed E-state index contributed by atoms with van der Waals surface area (Å²) in [5, 5.41) is 28.5. The number of aromatic amines is 1. The Hall–Kier alpha value is -3.73. The van der Waals surface area contributed by atoms with Gasteiger partial charge in [-0.15, -0.1) is 0 Å². The predicted molar refractivity (Wildman–Crippen MR) is 172 cm³/mol. The van der Waals surface area contributed by atoms with E-state index in [0.717, 1.165) is 61.8 Å². The van der Waals surface area contributed by atoms with E-state index in [9.17, 15) is 29.4 Å². The van der Waals surface area contributed by atoms with Gasteiger partial charge in [0.25, 0.3) is 0 Å². The molecule has 10 nitrogen and oxygen atoms in total. The van der Waals surface area contributed by atoms with Crippen LogP contribution in [0.5, 0.6) is 0 Å². The van der Waals surface area contributed by atoms with Crippen LogP contribution < -0.4 is 16.0 Å². The van der Waals surface area contributed by atoms with Gasteiger partial charge in [-0.25, -0.2) is 0 Å². The molecule has 3 aliphatic rings. The van der Waals surface area contributed by atoms with Crippen molar-refractivity contribution in [1.82, 2.24) is 20.9 Å². The maximum atomic E-state index is 12.5. The van der Waals surface area contributed by atoms with Gasteiger partial charge in [0.15, 0.2) is 0 Å². The number of aromatic nitrogens is 1. The fourth-order valence-corrected chi connectivity index (χ4v) is 7.13. The topological polar surface area (TPSA) is 161 Å². The SMILES string of the molecule is CCC1=C(C)[C@H](Cc2[nH]c(/C=C3\NC(CC4=C([C@H](C)S)[C@@H](C)C(=O)N4)C(C)=C3CCC(=O)O)c(CCC(=O)O)c2C)NC1=O. The van der Waals surface area contributed by atoms with Crippen LogP contribution in [0, 0.1) is 12.8 Å². The number of carboxylic acids is 2. The molecule has 0 radical (unpaired) electrons. The third kappa shape index (κ3) is 6.82. The predicted octanol–water partition coefficient (Wildman–Crippen LogP) is 4.33. The van der Waals surface area contributed by atoms with Gasteiger partial charge < -0.3 is 31.1 Å². The van der Waals surface area contributed by atoms with Gasteiger partial charge in [-0.05, 0) is 93.4 Å². The average molecular weight is 625 g/mol. The maximum Gasteiger partial charge on any atom is 0.303 e. The first-order chi connectivity index (χ1) is 20.7. The largest absolute Gasteiger partial charge is 0.481 e. The second-order valence-electron chi connectivity index (χ2n) is 12.1. The molecule has 0 bridgehead atoms. The van der Waals surface area contributed by atoms with Crippen molar-refractivity contribution in [1.29, 1.82) is 0 Å². The fraction of sp³-hybridized carbons (Fsp3) is 0.515. The molecule has 6 N–H and O–H groups in total. The zero-order chi connectivity index (χ0) is 32.5. The quantitative estimate of drug-likeness (QED) is 0.161. The number of rotatable bonds is 13. The summed E-state index contributed by atoms with van der Waals surface area (Å²) in [7, 11) is 0. The van der Waals surface area contributed by atoms with Crippen molar-refractivity contribution in [2.75, 3.05) is 0 Å². The van der Waals surface area contributed by atoms with Crippen molar-refractivity contribution >= 4 is 42.5 Å².